The van der Waals surface area contributed by atoms with Crippen molar-refractivity contribution in [3.8, 4) is 6.07 Å². The molecule has 1 atom stereocenters. The van der Waals surface area contributed by atoms with E-state index in [1.807, 2.05) is 24.3 Å². The molecule has 1 aromatic rings. The molecule has 0 amide bonds. The molecule has 0 aliphatic carbocycles. The van der Waals surface area contributed by atoms with Crippen molar-refractivity contribution in [2.75, 3.05) is 6.54 Å². The SMILES string of the molecule is CC(=O)CC1CCCN1Cc1ccc(C#N)cc1. The number of nitrogens with zero attached hydrogens (tertiary/aromatic N) is 2. The first kappa shape index (κ1) is 12.8. The lowest BCUT2D eigenvalue weighted by atomic mass is 10.1. The van der Waals surface area contributed by atoms with Crippen molar-refractivity contribution in [1.82, 2.24) is 4.90 Å². The molecule has 0 bridgehead atoms. The summed E-state index contributed by atoms with van der Waals surface area (Å²) in [6, 6.07) is 10.2. The van der Waals surface area contributed by atoms with E-state index in [0.717, 1.165) is 19.5 Å². The van der Waals surface area contributed by atoms with Gasteiger partial charge in [-0.25, -0.2) is 0 Å². The van der Waals surface area contributed by atoms with Gasteiger partial charge in [-0.05, 0) is 44.0 Å². The third-order valence-corrected chi connectivity index (χ3v) is 3.49. The highest BCUT2D eigenvalue weighted by atomic mass is 16.1. The summed E-state index contributed by atoms with van der Waals surface area (Å²) in [5, 5.41) is 8.76. The predicted octanol–water partition coefficient (Wildman–Crippen LogP) is 2.50. The van der Waals surface area contributed by atoms with Crippen molar-refractivity contribution in [1.29, 1.82) is 5.26 Å². The van der Waals surface area contributed by atoms with E-state index in [1.165, 1.54) is 12.0 Å². The molecule has 1 unspecified atom stereocenters. The summed E-state index contributed by atoms with van der Waals surface area (Å²) in [7, 11) is 0. The van der Waals surface area contributed by atoms with Gasteiger partial charge in [0.25, 0.3) is 0 Å². The van der Waals surface area contributed by atoms with Crippen LogP contribution in [0.25, 0.3) is 0 Å². The topological polar surface area (TPSA) is 44.1 Å². The van der Waals surface area contributed by atoms with Crippen LogP contribution in [-0.2, 0) is 11.3 Å². The van der Waals surface area contributed by atoms with Gasteiger partial charge >= 0.3 is 0 Å². The summed E-state index contributed by atoms with van der Waals surface area (Å²) in [5.74, 6) is 0.270. The minimum atomic E-state index is 0.270. The number of Topliss-reactive ketones (excluding diaryl/α,β-unsaturated/α-hetero) is 1. The van der Waals surface area contributed by atoms with Gasteiger partial charge in [-0.3, -0.25) is 9.69 Å². The Labute approximate surface area is 108 Å². The van der Waals surface area contributed by atoms with Gasteiger partial charge in [-0.1, -0.05) is 12.1 Å². The van der Waals surface area contributed by atoms with Crippen LogP contribution < -0.4 is 0 Å². The van der Waals surface area contributed by atoms with Gasteiger partial charge in [0.05, 0.1) is 11.6 Å². The molecule has 1 aromatic carbocycles. The molecular formula is C15H18N2O. The molecule has 18 heavy (non-hydrogen) atoms. The third kappa shape index (κ3) is 3.18. The normalized spacial score (nSPS) is 19.7. The maximum Gasteiger partial charge on any atom is 0.131 e. The monoisotopic (exact) mass is 242 g/mol. The van der Waals surface area contributed by atoms with E-state index < -0.39 is 0 Å². The molecule has 1 saturated heterocycles. The molecule has 3 nitrogen and oxygen atoms in total. The van der Waals surface area contributed by atoms with E-state index in [9.17, 15) is 4.79 Å². The average molecular weight is 242 g/mol. The Hall–Kier alpha value is -1.66. The molecule has 1 fully saturated rings. The van der Waals surface area contributed by atoms with E-state index in [2.05, 4.69) is 11.0 Å². The summed E-state index contributed by atoms with van der Waals surface area (Å²) in [5.41, 5.74) is 1.91. The quantitative estimate of drug-likeness (QED) is 0.814. The summed E-state index contributed by atoms with van der Waals surface area (Å²) < 4.78 is 0. The molecule has 0 aromatic heterocycles. The van der Waals surface area contributed by atoms with Crippen molar-refractivity contribution in [3.63, 3.8) is 0 Å². The van der Waals surface area contributed by atoms with Crippen molar-refractivity contribution >= 4 is 5.78 Å². The molecule has 0 radical (unpaired) electrons. The first-order valence-corrected chi connectivity index (χ1v) is 6.41. The Morgan fingerprint density at radius 2 is 2.17 bits per heavy atom. The van der Waals surface area contributed by atoms with Gasteiger partial charge in [0.1, 0.15) is 5.78 Å². The van der Waals surface area contributed by atoms with Crippen LogP contribution in [-0.4, -0.2) is 23.3 Å². The van der Waals surface area contributed by atoms with Crippen LogP contribution in [0.5, 0.6) is 0 Å². The second kappa shape index (κ2) is 5.79. The first-order valence-electron chi connectivity index (χ1n) is 6.41. The lowest BCUT2D eigenvalue weighted by molar-refractivity contribution is -0.118. The Morgan fingerprint density at radius 3 is 2.78 bits per heavy atom. The van der Waals surface area contributed by atoms with Crippen LogP contribution >= 0.6 is 0 Å². The van der Waals surface area contributed by atoms with Crippen molar-refractivity contribution in [2.24, 2.45) is 0 Å². The van der Waals surface area contributed by atoms with Gasteiger partial charge in [-0.15, -0.1) is 0 Å². The molecule has 3 heteroatoms. The van der Waals surface area contributed by atoms with Gasteiger partial charge < -0.3 is 0 Å². The molecular weight excluding hydrogens is 224 g/mol. The fraction of sp³-hybridized carbons (Fsp3) is 0.467. The Balaban J connectivity index is 1.99. The highest BCUT2D eigenvalue weighted by Crippen LogP contribution is 2.22. The molecule has 2 rings (SSSR count). The number of likely N-dealkylation sites (tertiary alicyclic amines) is 1. The minimum Gasteiger partial charge on any atom is -0.300 e. The second-order valence-electron chi connectivity index (χ2n) is 4.98. The zero-order chi connectivity index (χ0) is 13.0. The van der Waals surface area contributed by atoms with Crippen molar-refractivity contribution in [3.05, 3.63) is 35.4 Å². The van der Waals surface area contributed by atoms with Gasteiger partial charge in [0, 0.05) is 19.0 Å². The van der Waals surface area contributed by atoms with Crippen molar-refractivity contribution < 1.29 is 4.79 Å². The number of carbonyl (C=O) groups excluding carboxylic acids is 1. The molecule has 1 aliphatic rings. The van der Waals surface area contributed by atoms with Crippen LogP contribution in [0.15, 0.2) is 24.3 Å². The average Bonchev–Trinajstić information content (AvgIpc) is 2.77. The van der Waals surface area contributed by atoms with E-state index in [-0.39, 0.29) is 5.78 Å². The van der Waals surface area contributed by atoms with Gasteiger partial charge in [0.15, 0.2) is 0 Å². The lowest BCUT2D eigenvalue weighted by Crippen LogP contribution is -2.30. The lowest BCUT2D eigenvalue weighted by Gasteiger charge is -2.23. The van der Waals surface area contributed by atoms with Crippen LogP contribution in [0.4, 0.5) is 0 Å². The Kier molecular flexibility index (Phi) is 4.11. The highest BCUT2D eigenvalue weighted by Gasteiger charge is 2.25. The number of hydrogen-bond acceptors (Lipinski definition) is 3. The number of carbonyl (C=O) groups is 1. The second-order valence-corrected chi connectivity index (χ2v) is 4.98. The van der Waals surface area contributed by atoms with Gasteiger partial charge in [-0.2, -0.15) is 5.26 Å². The maximum atomic E-state index is 11.2. The van der Waals surface area contributed by atoms with E-state index in [0.29, 0.717) is 18.0 Å². The minimum absolute atomic E-state index is 0.270. The van der Waals surface area contributed by atoms with Crippen LogP contribution in [0.1, 0.15) is 37.3 Å². The Morgan fingerprint density at radius 1 is 1.44 bits per heavy atom. The summed E-state index contributed by atoms with van der Waals surface area (Å²) in [6.07, 6.45) is 2.96. The number of benzene rings is 1. The Bertz CT molecular complexity index is 458. The molecule has 1 aliphatic heterocycles. The third-order valence-electron chi connectivity index (χ3n) is 3.49. The van der Waals surface area contributed by atoms with E-state index in [4.69, 9.17) is 5.26 Å². The molecule has 0 saturated carbocycles. The van der Waals surface area contributed by atoms with E-state index >= 15 is 0 Å². The van der Waals surface area contributed by atoms with Crippen LogP contribution in [0, 0.1) is 11.3 Å². The molecule has 0 N–H and O–H groups in total. The molecule has 0 spiro atoms. The zero-order valence-corrected chi connectivity index (χ0v) is 10.7. The largest absolute Gasteiger partial charge is 0.300 e. The van der Waals surface area contributed by atoms with Crippen molar-refractivity contribution in [2.45, 2.75) is 38.8 Å². The van der Waals surface area contributed by atoms with Crippen LogP contribution in [0.2, 0.25) is 0 Å². The van der Waals surface area contributed by atoms with E-state index in [1.54, 1.807) is 6.92 Å². The predicted molar refractivity (Wildman–Crippen MR) is 69.9 cm³/mol. The number of nitriles is 1. The van der Waals surface area contributed by atoms with Gasteiger partial charge in [0.2, 0.25) is 0 Å². The standard InChI is InChI=1S/C15H18N2O/c1-12(18)9-15-3-2-8-17(15)11-14-6-4-13(10-16)5-7-14/h4-7,15H,2-3,8-9,11H2,1H3. The summed E-state index contributed by atoms with van der Waals surface area (Å²) in [4.78, 5) is 13.6. The summed E-state index contributed by atoms with van der Waals surface area (Å²) in [6.45, 7) is 3.61. The maximum absolute atomic E-state index is 11.2. The smallest absolute Gasteiger partial charge is 0.131 e. The fourth-order valence-electron chi connectivity index (χ4n) is 2.59. The molecule has 94 valence electrons. The molecule has 1 heterocycles. The van der Waals surface area contributed by atoms with Crippen LogP contribution in [0.3, 0.4) is 0 Å². The highest BCUT2D eigenvalue weighted by molar-refractivity contribution is 5.76. The number of rotatable bonds is 4. The number of hydrogen-bond donors (Lipinski definition) is 0. The fourth-order valence-corrected chi connectivity index (χ4v) is 2.59. The summed E-state index contributed by atoms with van der Waals surface area (Å²) >= 11 is 0. The number of ketones is 1. The first-order chi connectivity index (χ1) is 8.69. The zero-order valence-electron chi connectivity index (χ0n) is 10.7.